The third kappa shape index (κ3) is 3.95. The fourth-order valence-corrected chi connectivity index (χ4v) is 4.51. The van der Waals surface area contributed by atoms with Crippen molar-refractivity contribution in [2.75, 3.05) is 0 Å². The molecular weight excluding hydrogens is 361 g/mol. The highest BCUT2D eigenvalue weighted by atomic mass is 32.2. The second kappa shape index (κ2) is 8.05. The molecule has 0 unspecified atom stereocenters. The van der Waals surface area contributed by atoms with Gasteiger partial charge in [-0.15, -0.1) is 0 Å². The van der Waals surface area contributed by atoms with Gasteiger partial charge in [-0.05, 0) is 48.9 Å². The molecule has 2 fully saturated rings. The van der Waals surface area contributed by atoms with Gasteiger partial charge in [-0.25, -0.2) is 14.4 Å². The van der Waals surface area contributed by atoms with Crippen molar-refractivity contribution in [2.24, 2.45) is 4.99 Å². The SMILES string of the molecule is O=C1/C(=C/c2ccccc2F)S/C(=N/c2ccccn2)N1C1CCCCC1. The monoisotopic (exact) mass is 381 g/mol. The van der Waals surface area contributed by atoms with E-state index in [1.807, 2.05) is 18.2 Å². The van der Waals surface area contributed by atoms with Crippen molar-refractivity contribution in [1.82, 2.24) is 9.88 Å². The Bertz CT molecular complexity index is 891. The smallest absolute Gasteiger partial charge is 0.267 e. The first-order chi connectivity index (χ1) is 13.2. The molecule has 6 heteroatoms. The average molecular weight is 381 g/mol. The highest BCUT2D eigenvalue weighted by Crippen LogP contribution is 2.38. The number of halogens is 1. The van der Waals surface area contributed by atoms with Gasteiger partial charge >= 0.3 is 0 Å². The van der Waals surface area contributed by atoms with Crippen LogP contribution >= 0.6 is 11.8 Å². The first kappa shape index (κ1) is 17.9. The maximum absolute atomic E-state index is 14.0. The molecule has 0 N–H and O–H groups in total. The Morgan fingerprint density at radius 2 is 1.89 bits per heavy atom. The molecule has 2 aromatic rings. The summed E-state index contributed by atoms with van der Waals surface area (Å²) in [5.74, 6) is 0.142. The molecule has 1 aliphatic heterocycles. The zero-order chi connectivity index (χ0) is 18.6. The normalized spacial score (nSPS) is 21.4. The summed E-state index contributed by atoms with van der Waals surface area (Å²) in [5.41, 5.74) is 0.413. The summed E-state index contributed by atoms with van der Waals surface area (Å²) in [7, 11) is 0. The lowest BCUT2D eigenvalue weighted by atomic mass is 9.94. The van der Waals surface area contributed by atoms with Gasteiger partial charge in [0.1, 0.15) is 5.82 Å². The molecule has 4 rings (SSSR count). The Kier molecular flexibility index (Phi) is 5.34. The second-order valence-corrected chi connectivity index (χ2v) is 7.69. The van der Waals surface area contributed by atoms with Crippen LogP contribution in [0.3, 0.4) is 0 Å². The molecule has 27 heavy (non-hydrogen) atoms. The number of thioether (sulfide) groups is 1. The predicted molar refractivity (Wildman–Crippen MR) is 107 cm³/mol. The van der Waals surface area contributed by atoms with Crippen molar-refractivity contribution in [3.05, 3.63) is 64.9 Å². The number of amides is 1. The van der Waals surface area contributed by atoms with Gasteiger partial charge in [0.05, 0.1) is 4.91 Å². The van der Waals surface area contributed by atoms with Crippen molar-refractivity contribution < 1.29 is 9.18 Å². The minimum absolute atomic E-state index is 0.0927. The summed E-state index contributed by atoms with van der Waals surface area (Å²) >= 11 is 1.30. The van der Waals surface area contributed by atoms with Gasteiger partial charge in [-0.1, -0.05) is 43.5 Å². The highest BCUT2D eigenvalue weighted by molar-refractivity contribution is 8.18. The number of rotatable bonds is 3. The molecule has 0 bridgehead atoms. The summed E-state index contributed by atoms with van der Waals surface area (Å²) in [4.78, 5) is 24.3. The van der Waals surface area contributed by atoms with E-state index in [9.17, 15) is 9.18 Å². The summed E-state index contributed by atoms with van der Waals surface area (Å²) in [6, 6.07) is 12.1. The Morgan fingerprint density at radius 1 is 1.11 bits per heavy atom. The number of carbonyl (C=O) groups excluding carboxylic acids is 1. The molecule has 0 spiro atoms. The molecule has 4 nitrogen and oxygen atoms in total. The molecule has 0 atom stereocenters. The fraction of sp³-hybridized carbons (Fsp3) is 0.286. The second-order valence-electron chi connectivity index (χ2n) is 6.68. The molecule has 1 saturated carbocycles. The Hall–Kier alpha value is -2.47. The van der Waals surface area contributed by atoms with Gasteiger partial charge in [0.25, 0.3) is 5.91 Å². The van der Waals surface area contributed by atoms with E-state index in [0.717, 1.165) is 25.7 Å². The topological polar surface area (TPSA) is 45.6 Å². The van der Waals surface area contributed by atoms with Crippen LogP contribution in [0.5, 0.6) is 0 Å². The van der Waals surface area contributed by atoms with E-state index in [2.05, 4.69) is 9.98 Å². The summed E-state index contributed by atoms with van der Waals surface area (Å²) in [6.45, 7) is 0. The lowest BCUT2D eigenvalue weighted by Crippen LogP contribution is -2.40. The number of hydrogen-bond donors (Lipinski definition) is 0. The minimum atomic E-state index is -0.335. The van der Waals surface area contributed by atoms with Crippen LogP contribution in [0.4, 0.5) is 10.2 Å². The number of aliphatic imine (C=N–C) groups is 1. The molecule has 0 radical (unpaired) electrons. The first-order valence-corrected chi connectivity index (χ1v) is 10.0. The molecule has 138 valence electrons. The van der Waals surface area contributed by atoms with Crippen molar-refractivity contribution in [3.8, 4) is 0 Å². The van der Waals surface area contributed by atoms with E-state index in [1.54, 1.807) is 35.4 Å². The van der Waals surface area contributed by atoms with Gasteiger partial charge in [0, 0.05) is 17.8 Å². The molecule has 1 saturated heterocycles. The molecule has 2 aliphatic rings. The van der Waals surface area contributed by atoms with Crippen molar-refractivity contribution in [2.45, 2.75) is 38.1 Å². The lowest BCUT2D eigenvalue weighted by molar-refractivity contribution is -0.124. The van der Waals surface area contributed by atoms with Crippen LogP contribution in [0.25, 0.3) is 6.08 Å². The number of nitrogens with zero attached hydrogens (tertiary/aromatic N) is 3. The molecule has 1 amide bonds. The third-order valence-corrected chi connectivity index (χ3v) is 5.81. The Morgan fingerprint density at radius 3 is 2.63 bits per heavy atom. The molecule has 1 aromatic carbocycles. The minimum Gasteiger partial charge on any atom is -0.283 e. The van der Waals surface area contributed by atoms with Crippen molar-refractivity contribution in [1.29, 1.82) is 0 Å². The van der Waals surface area contributed by atoms with Gasteiger partial charge in [0.15, 0.2) is 11.0 Å². The van der Waals surface area contributed by atoms with Crippen molar-refractivity contribution in [3.63, 3.8) is 0 Å². The van der Waals surface area contributed by atoms with Crippen LogP contribution < -0.4 is 0 Å². The summed E-state index contributed by atoms with van der Waals surface area (Å²) in [5, 5.41) is 0.633. The van der Waals surface area contributed by atoms with E-state index in [-0.39, 0.29) is 17.8 Å². The Balaban J connectivity index is 1.71. The van der Waals surface area contributed by atoms with Crippen LogP contribution in [0, 0.1) is 5.82 Å². The summed E-state index contributed by atoms with van der Waals surface area (Å²) < 4.78 is 14.0. The zero-order valence-corrected chi connectivity index (χ0v) is 15.7. The number of aromatic nitrogens is 1. The molecule has 2 heterocycles. The van der Waals surface area contributed by atoms with Crippen LogP contribution in [0.2, 0.25) is 0 Å². The third-order valence-electron chi connectivity index (χ3n) is 4.83. The predicted octanol–water partition coefficient (Wildman–Crippen LogP) is 5.16. The quantitative estimate of drug-likeness (QED) is 0.690. The first-order valence-electron chi connectivity index (χ1n) is 9.20. The Labute approximate surface area is 162 Å². The van der Waals surface area contributed by atoms with E-state index >= 15 is 0 Å². The maximum atomic E-state index is 14.0. The number of carbonyl (C=O) groups is 1. The zero-order valence-electron chi connectivity index (χ0n) is 14.8. The van der Waals surface area contributed by atoms with Gasteiger partial charge in [-0.2, -0.15) is 0 Å². The maximum Gasteiger partial charge on any atom is 0.267 e. The standard InChI is InChI=1S/C21H20FN3OS/c22-17-11-5-4-8-15(17)14-18-20(26)25(16-9-2-1-3-10-16)21(27-18)24-19-12-6-7-13-23-19/h4-8,11-14,16H,1-3,9-10H2/b18-14-,24-21+. The van der Waals surface area contributed by atoms with Gasteiger partial charge in [-0.3, -0.25) is 9.69 Å². The van der Waals surface area contributed by atoms with E-state index < -0.39 is 0 Å². The molecule has 1 aromatic heterocycles. The number of amidine groups is 1. The highest BCUT2D eigenvalue weighted by Gasteiger charge is 2.38. The summed E-state index contributed by atoms with van der Waals surface area (Å²) in [6.07, 6.45) is 8.68. The molecular formula is C21H20FN3OS. The number of hydrogen-bond acceptors (Lipinski definition) is 4. The lowest BCUT2D eigenvalue weighted by Gasteiger charge is -2.30. The van der Waals surface area contributed by atoms with Crippen LogP contribution in [-0.4, -0.2) is 27.0 Å². The van der Waals surface area contributed by atoms with E-state index in [4.69, 9.17) is 0 Å². The fourth-order valence-electron chi connectivity index (χ4n) is 3.48. The number of benzene rings is 1. The van der Waals surface area contributed by atoms with Crippen LogP contribution in [0.1, 0.15) is 37.7 Å². The van der Waals surface area contributed by atoms with E-state index in [0.29, 0.717) is 21.5 Å². The average Bonchev–Trinajstić information content (AvgIpc) is 3.00. The molecule has 1 aliphatic carbocycles. The van der Waals surface area contributed by atoms with Gasteiger partial charge in [0.2, 0.25) is 0 Å². The van der Waals surface area contributed by atoms with Crippen LogP contribution in [0.15, 0.2) is 58.6 Å². The van der Waals surface area contributed by atoms with Crippen LogP contribution in [-0.2, 0) is 4.79 Å². The van der Waals surface area contributed by atoms with Crippen molar-refractivity contribution >= 4 is 34.7 Å². The number of pyridine rings is 1. The van der Waals surface area contributed by atoms with Gasteiger partial charge < -0.3 is 0 Å². The largest absolute Gasteiger partial charge is 0.283 e. The van der Waals surface area contributed by atoms with E-state index in [1.165, 1.54) is 24.2 Å².